The molecule has 1 amide bonds. The van der Waals surface area contributed by atoms with Gasteiger partial charge in [-0.3, -0.25) is 4.79 Å². The number of aryl methyl sites for hydroxylation is 1. The average Bonchev–Trinajstić information content (AvgIpc) is 3.06. The second-order valence-corrected chi connectivity index (χ2v) is 6.32. The molecule has 1 fully saturated rings. The Morgan fingerprint density at radius 1 is 1.13 bits per heavy atom. The normalized spacial score (nSPS) is 14.1. The van der Waals surface area contributed by atoms with Crippen LogP contribution in [-0.4, -0.2) is 23.9 Å². The molecule has 120 valence electrons. The molecule has 1 saturated heterocycles. The smallest absolute Gasteiger partial charge is 0.253 e. The van der Waals surface area contributed by atoms with E-state index in [9.17, 15) is 4.79 Å². The van der Waals surface area contributed by atoms with Crippen LogP contribution in [0.5, 0.6) is 0 Å². The van der Waals surface area contributed by atoms with Crippen molar-refractivity contribution in [2.24, 2.45) is 0 Å². The summed E-state index contributed by atoms with van der Waals surface area (Å²) < 4.78 is 0. The van der Waals surface area contributed by atoms with E-state index < -0.39 is 0 Å². The first-order chi connectivity index (χ1) is 11.0. The minimum absolute atomic E-state index is 0.0553. The summed E-state index contributed by atoms with van der Waals surface area (Å²) in [6.45, 7) is 3.67. The summed E-state index contributed by atoms with van der Waals surface area (Å²) in [4.78, 5) is 14.3. The molecule has 1 heterocycles. The number of hydrogen-bond acceptors (Lipinski definition) is 3. The minimum Gasteiger partial charge on any atom is -0.397 e. The maximum absolute atomic E-state index is 12.4. The molecule has 2 aromatic carbocycles. The monoisotopic (exact) mass is 329 g/mol. The molecule has 3 N–H and O–H groups in total. The highest BCUT2D eigenvalue weighted by molar-refractivity contribution is 6.30. The summed E-state index contributed by atoms with van der Waals surface area (Å²) in [5, 5.41) is 3.95. The number of nitrogens with zero attached hydrogens (tertiary/aromatic N) is 1. The molecular formula is C18H20ClN3O. The SMILES string of the molecule is Cc1ccc(Cl)cc1Nc1ccc(C(=O)N2CCCC2)cc1N. The van der Waals surface area contributed by atoms with Crippen LogP contribution in [-0.2, 0) is 0 Å². The number of amides is 1. The summed E-state index contributed by atoms with van der Waals surface area (Å²) in [5.74, 6) is 0.0553. The molecule has 0 bridgehead atoms. The lowest BCUT2D eigenvalue weighted by Gasteiger charge is -2.17. The van der Waals surface area contributed by atoms with E-state index >= 15 is 0 Å². The minimum atomic E-state index is 0.0553. The Morgan fingerprint density at radius 3 is 2.57 bits per heavy atom. The molecule has 5 heteroatoms. The number of anilines is 3. The molecule has 23 heavy (non-hydrogen) atoms. The lowest BCUT2D eigenvalue weighted by molar-refractivity contribution is 0.0793. The summed E-state index contributed by atoms with van der Waals surface area (Å²) in [5.41, 5.74) is 10.1. The average molecular weight is 330 g/mol. The topological polar surface area (TPSA) is 58.4 Å². The van der Waals surface area contributed by atoms with Crippen molar-refractivity contribution in [3.63, 3.8) is 0 Å². The number of hydrogen-bond donors (Lipinski definition) is 2. The van der Waals surface area contributed by atoms with Crippen LogP contribution >= 0.6 is 11.6 Å². The highest BCUT2D eigenvalue weighted by atomic mass is 35.5. The van der Waals surface area contributed by atoms with Crippen LogP contribution in [0.15, 0.2) is 36.4 Å². The zero-order valence-corrected chi connectivity index (χ0v) is 13.9. The molecule has 2 aromatic rings. The van der Waals surface area contributed by atoms with E-state index in [1.54, 1.807) is 6.07 Å². The molecule has 4 nitrogen and oxygen atoms in total. The van der Waals surface area contributed by atoms with Crippen LogP contribution < -0.4 is 11.1 Å². The third-order valence-electron chi connectivity index (χ3n) is 4.16. The number of halogens is 1. The molecule has 0 radical (unpaired) electrons. The van der Waals surface area contributed by atoms with Crippen LogP contribution in [0.25, 0.3) is 0 Å². The van der Waals surface area contributed by atoms with E-state index in [-0.39, 0.29) is 5.91 Å². The summed E-state index contributed by atoms with van der Waals surface area (Å²) in [6, 6.07) is 11.1. The fraction of sp³-hybridized carbons (Fsp3) is 0.278. The lowest BCUT2D eigenvalue weighted by Crippen LogP contribution is -2.27. The zero-order valence-electron chi connectivity index (χ0n) is 13.1. The molecule has 1 aliphatic heterocycles. The van der Waals surface area contributed by atoms with E-state index in [0.29, 0.717) is 16.3 Å². The van der Waals surface area contributed by atoms with Crippen molar-refractivity contribution in [3.8, 4) is 0 Å². The third kappa shape index (κ3) is 3.42. The van der Waals surface area contributed by atoms with Crippen LogP contribution in [0.1, 0.15) is 28.8 Å². The molecule has 0 aromatic heterocycles. The third-order valence-corrected chi connectivity index (χ3v) is 4.40. The second-order valence-electron chi connectivity index (χ2n) is 5.89. The van der Waals surface area contributed by atoms with Gasteiger partial charge in [-0.25, -0.2) is 0 Å². The fourth-order valence-corrected chi connectivity index (χ4v) is 2.96. The van der Waals surface area contributed by atoms with Gasteiger partial charge in [0, 0.05) is 29.4 Å². The number of rotatable bonds is 3. The van der Waals surface area contributed by atoms with Gasteiger partial charge in [-0.1, -0.05) is 17.7 Å². The van der Waals surface area contributed by atoms with Gasteiger partial charge in [-0.15, -0.1) is 0 Å². The van der Waals surface area contributed by atoms with Gasteiger partial charge in [0.15, 0.2) is 0 Å². The van der Waals surface area contributed by atoms with Crippen LogP contribution in [0.4, 0.5) is 17.1 Å². The number of likely N-dealkylation sites (tertiary alicyclic amines) is 1. The van der Waals surface area contributed by atoms with Gasteiger partial charge in [-0.05, 0) is 55.7 Å². The number of nitrogens with one attached hydrogen (secondary N) is 1. The number of benzene rings is 2. The molecule has 0 saturated carbocycles. The first-order valence-corrected chi connectivity index (χ1v) is 8.14. The molecule has 0 atom stereocenters. The van der Waals surface area contributed by atoms with E-state index in [4.69, 9.17) is 17.3 Å². The molecule has 0 unspecified atom stereocenters. The van der Waals surface area contributed by atoms with Crippen molar-refractivity contribution in [2.45, 2.75) is 19.8 Å². The van der Waals surface area contributed by atoms with Crippen LogP contribution in [0, 0.1) is 6.92 Å². The number of carbonyl (C=O) groups excluding carboxylic acids is 1. The Bertz CT molecular complexity index is 739. The van der Waals surface area contributed by atoms with Crippen LogP contribution in [0.2, 0.25) is 5.02 Å². The molecule has 0 spiro atoms. The Balaban J connectivity index is 1.82. The molecule has 0 aliphatic carbocycles. The van der Waals surface area contributed by atoms with Gasteiger partial charge in [0.25, 0.3) is 5.91 Å². The van der Waals surface area contributed by atoms with Gasteiger partial charge in [0.2, 0.25) is 0 Å². The molecule has 1 aliphatic rings. The standard InChI is InChI=1S/C18H20ClN3O/c1-12-4-6-14(19)11-17(12)21-16-7-5-13(10-15(16)20)18(23)22-8-2-3-9-22/h4-7,10-11,21H,2-3,8-9,20H2,1H3. The van der Waals surface area contributed by atoms with Crippen molar-refractivity contribution < 1.29 is 4.79 Å². The van der Waals surface area contributed by atoms with E-state index in [0.717, 1.165) is 42.9 Å². The van der Waals surface area contributed by atoms with Gasteiger partial charge in [0.1, 0.15) is 0 Å². The van der Waals surface area contributed by atoms with Crippen molar-refractivity contribution in [2.75, 3.05) is 24.1 Å². The maximum Gasteiger partial charge on any atom is 0.253 e. The first kappa shape index (κ1) is 15.7. The highest BCUT2D eigenvalue weighted by Crippen LogP contribution is 2.28. The largest absolute Gasteiger partial charge is 0.397 e. The van der Waals surface area contributed by atoms with Crippen molar-refractivity contribution in [3.05, 3.63) is 52.5 Å². The summed E-state index contributed by atoms with van der Waals surface area (Å²) in [6.07, 6.45) is 2.16. The second kappa shape index (κ2) is 6.50. The quantitative estimate of drug-likeness (QED) is 0.829. The predicted octanol–water partition coefficient (Wildman–Crippen LogP) is 4.21. The fourth-order valence-electron chi connectivity index (χ4n) is 2.79. The van der Waals surface area contributed by atoms with Gasteiger partial charge in [-0.2, -0.15) is 0 Å². The summed E-state index contributed by atoms with van der Waals surface area (Å²) >= 11 is 6.04. The Morgan fingerprint density at radius 2 is 1.87 bits per heavy atom. The van der Waals surface area contributed by atoms with Gasteiger partial charge >= 0.3 is 0 Å². The molecule has 3 rings (SSSR count). The molecular weight excluding hydrogens is 310 g/mol. The maximum atomic E-state index is 12.4. The van der Waals surface area contributed by atoms with Crippen molar-refractivity contribution >= 4 is 34.6 Å². The van der Waals surface area contributed by atoms with E-state index in [2.05, 4.69) is 5.32 Å². The zero-order chi connectivity index (χ0) is 16.4. The van der Waals surface area contributed by atoms with E-state index in [1.807, 2.05) is 42.2 Å². The Labute approximate surface area is 141 Å². The van der Waals surface area contributed by atoms with Crippen molar-refractivity contribution in [1.82, 2.24) is 4.90 Å². The Hall–Kier alpha value is -2.20. The van der Waals surface area contributed by atoms with Crippen molar-refractivity contribution in [1.29, 1.82) is 0 Å². The van der Waals surface area contributed by atoms with Gasteiger partial charge in [0.05, 0.1) is 11.4 Å². The Kier molecular flexibility index (Phi) is 4.44. The number of nitrogen functional groups attached to an aromatic ring is 1. The lowest BCUT2D eigenvalue weighted by atomic mass is 10.1. The van der Waals surface area contributed by atoms with Gasteiger partial charge < -0.3 is 16.0 Å². The van der Waals surface area contributed by atoms with Crippen LogP contribution in [0.3, 0.4) is 0 Å². The highest BCUT2D eigenvalue weighted by Gasteiger charge is 2.20. The predicted molar refractivity (Wildman–Crippen MR) is 95.5 cm³/mol. The number of carbonyl (C=O) groups is 1. The first-order valence-electron chi connectivity index (χ1n) is 7.76. The van der Waals surface area contributed by atoms with E-state index in [1.165, 1.54) is 0 Å². The number of nitrogens with two attached hydrogens (primary N) is 1. The summed E-state index contributed by atoms with van der Waals surface area (Å²) in [7, 11) is 0.